The fourth-order valence-electron chi connectivity index (χ4n) is 2.83. The predicted octanol–water partition coefficient (Wildman–Crippen LogP) is 5.25. The summed E-state index contributed by atoms with van der Waals surface area (Å²) < 4.78 is 7.78. The topological polar surface area (TPSA) is 56.5 Å². The Balaban J connectivity index is 1.74. The molecule has 28 heavy (non-hydrogen) atoms. The number of aryl methyl sites for hydroxylation is 2. The number of carbonyl (C=O) groups excluding carboxylic acids is 1. The maximum atomic E-state index is 12.3. The molecule has 7 heteroatoms. The van der Waals surface area contributed by atoms with Crippen molar-refractivity contribution in [3.63, 3.8) is 0 Å². The number of carbonyl (C=O) groups is 1. The van der Waals surface area contributed by atoms with Crippen LogP contribution in [-0.2, 0) is 9.53 Å². The Labute approximate surface area is 175 Å². The summed E-state index contributed by atoms with van der Waals surface area (Å²) in [6.07, 6.45) is 1.61. The van der Waals surface area contributed by atoms with Gasteiger partial charge in [0.25, 0.3) is 0 Å². The van der Waals surface area contributed by atoms with Crippen molar-refractivity contribution in [2.75, 3.05) is 0 Å². The number of aliphatic imine (C=N–C) groups is 1. The van der Waals surface area contributed by atoms with Gasteiger partial charge < -0.3 is 4.74 Å². The maximum Gasteiger partial charge on any atom is 0.363 e. The number of ether oxygens (including phenoxy) is 1. The quantitative estimate of drug-likeness (QED) is 0.399. The van der Waals surface area contributed by atoms with Crippen LogP contribution >= 0.6 is 27.5 Å². The Morgan fingerprint density at radius 3 is 2.54 bits per heavy atom. The Morgan fingerprint density at radius 2 is 1.82 bits per heavy atom. The lowest BCUT2D eigenvalue weighted by Crippen LogP contribution is -2.05. The molecular formula is C21H15BrClN3O2. The van der Waals surface area contributed by atoms with Crippen LogP contribution in [0.5, 0.6) is 0 Å². The van der Waals surface area contributed by atoms with Crippen molar-refractivity contribution in [3.8, 4) is 5.69 Å². The van der Waals surface area contributed by atoms with Gasteiger partial charge >= 0.3 is 5.97 Å². The van der Waals surface area contributed by atoms with Gasteiger partial charge in [-0.2, -0.15) is 5.10 Å². The van der Waals surface area contributed by atoms with Gasteiger partial charge in [0.2, 0.25) is 5.90 Å². The predicted molar refractivity (Wildman–Crippen MR) is 113 cm³/mol. The molecule has 1 aliphatic heterocycles. The van der Waals surface area contributed by atoms with Crippen LogP contribution in [0.3, 0.4) is 0 Å². The van der Waals surface area contributed by atoms with E-state index in [-0.39, 0.29) is 11.6 Å². The Kier molecular flexibility index (Phi) is 4.91. The van der Waals surface area contributed by atoms with Gasteiger partial charge in [-0.1, -0.05) is 41.4 Å². The molecule has 0 bridgehead atoms. The Bertz CT molecular complexity index is 1150. The van der Waals surface area contributed by atoms with E-state index >= 15 is 0 Å². The van der Waals surface area contributed by atoms with Gasteiger partial charge in [0, 0.05) is 10.0 Å². The Morgan fingerprint density at radius 1 is 1.11 bits per heavy atom. The smallest absolute Gasteiger partial charge is 0.363 e. The standard InChI is InChI=1S/C21H15BrClN3O2/c1-12-7-9-14(10-8-12)26-19(23)16(13(2)25-26)11-18-21(27)28-20(24-18)15-5-3-4-6-17(15)22/h3-11H,1-2H3/b18-11-. The highest BCUT2D eigenvalue weighted by Crippen LogP contribution is 2.29. The van der Waals surface area contributed by atoms with Crippen molar-refractivity contribution in [1.82, 2.24) is 9.78 Å². The molecule has 0 atom stereocenters. The van der Waals surface area contributed by atoms with Gasteiger partial charge in [-0.05, 0) is 60.1 Å². The average Bonchev–Trinajstić information content (AvgIpc) is 3.17. The van der Waals surface area contributed by atoms with Crippen LogP contribution in [0.25, 0.3) is 11.8 Å². The van der Waals surface area contributed by atoms with E-state index in [1.165, 1.54) is 0 Å². The minimum Gasteiger partial charge on any atom is -0.402 e. The molecule has 0 radical (unpaired) electrons. The lowest BCUT2D eigenvalue weighted by Gasteiger charge is -2.03. The molecule has 0 N–H and O–H groups in total. The highest BCUT2D eigenvalue weighted by atomic mass is 79.9. The summed E-state index contributed by atoms with van der Waals surface area (Å²) in [5.41, 5.74) is 4.20. The number of nitrogens with zero attached hydrogens (tertiary/aromatic N) is 3. The lowest BCUT2D eigenvalue weighted by atomic mass is 10.2. The van der Waals surface area contributed by atoms with E-state index in [0.717, 1.165) is 15.7 Å². The van der Waals surface area contributed by atoms with E-state index in [1.54, 1.807) is 10.8 Å². The van der Waals surface area contributed by atoms with E-state index in [1.807, 2.05) is 62.4 Å². The second-order valence-electron chi connectivity index (χ2n) is 6.35. The fraction of sp³-hybridized carbons (Fsp3) is 0.0952. The van der Waals surface area contributed by atoms with Gasteiger partial charge in [0.1, 0.15) is 5.15 Å². The number of benzene rings is 2. The molecule has 1 aromatic heterocycles. The zero-order chi connectivity index (χ0) is 19.8. The van der Waals surface area contributed by atoms with Gasteiger partial charge in [-0.15, -0.1) is 0 Å². The summed E-state index contributed by atoms with van der Waals surface area (Å²) >= 11 is 10.0. The molecule has 0 saturated heterocycles. The number of rotatable bonds is 3. The van der Waals surface area contributed by atoms with E-state index in [9.17, 15) is 4.79 Å². The zero-order valence-electron chi connectivity index (χ0n) is 15.1. The minimum atomic E-state index is -0.524. The molecule has 0 unspecified atom stereocenters. The monoisotopic (exact) mass is 455 g/mol. The first-order valence-electron chi connectivity index (χ1n) is 8.53. The summed E-state index contributed by atoms with van der Waals surface area (Å²) in [6.45, 7) is 3.85. The molecule has 140 valence electrons. The highest BCUT2D eigenvalue weighted by molar-refractivity contribution is 9.10. The van der Waals surface area contributed by atoms with Gasteiger partial charge in [-0.3, -0.25) is 0 Å². The summed E-state index contributed by atoms with van der Waals surface area (Å²) in [5, 5.41) is 4.91. The molecule has 0 fully saturated rings. The number of hydrogen-bond acceptors (Lipinski definition) is 4. The second-order valence-corrected chi connectivity index (χ2v) is 7.57. The zero-order valence-corrected chi connectivity index (χ0v) is 17.5. The van der Waals surface area contributed by atoms with Crippen LogP contribution in [0.4, 0.5) is 0 Å². The van der Waals surface area contributed by atoms with E-state index in [0.29, 0.717) is 22.0 Å². The number of hydrogen-bond donors (Lipinski definition) is 0. The molecule has 0 aliphatic carbocycles. The number of aromatic nitrogens is 2. The summed E-state index contributed by atoms with van der Waals surface area (Å²) in [6, 6.07) is 15.3. The molecule has 2 heterocycles. The van der Waals surface area contributed by atoms with Crippen LogP contribution in [0.15, 0.2) is 63.7 Å². The fourth-order valence-corrected chi connectivity index (χ4v) is 3.61. The average molecular weight is 457 g/mol. The SMILES string of the molecule is Cc1ccc(-n2nc(C)c(/C=C3\N=C(c4ccccc4Br)OC3=O)c2Cl)cc1. The molecule has 1 aliphatic rings. The largest absolute Gasteiger partial charge is 0.402 e. The summed E-state index contributed by atoms with van der Waals surface area (Å²) in [4.78, 5) is 16.7. The summed E-state index contributed by atoms with van der Waals surface area (Å²) in [5.74, 6) is -0.271. The van der Waals surface area contributed by atoms with Crippen molar-refractivity contribution in [3.05, 3.63) is 86.2 Å². The van der Waals surface area contributed by atoms with Gasteiger partial charge in [0.15, 0.2) is 5.70 Å². The van der Waals surface area contributed by atoms with E-state index in [2.05, 4.69) is 26.0 Å². The molecule has 0 amide bonds. The van der Waals surface area contributed by atoms with Crippen molar-refractivity contribution in [2.24, 2.45) is 4.99 Å². The van der Waals surface area contributed by atoms with E-state index in [4.69, 9.17) is 16.3 Å². The normalized spacial score (nSPS) is 15.1. The van der Waals surface area contributed by atoms with Crippen LogP contribution in [0.2, 0.25) is 5.15 Å². The van der Waals surface area contributed by atoms with Crippen molar-refractivity contribution < 1.29 is 9.53 Å². The number of halogens is 2. The molecule has 4 rings (SSSR count). The van der Waals surface area contributed by atoms with Gasteiger partial charge in [0.05, 0.1) is 16.9 Å². The molecule has 2 aromatic carbocycles. The molecule has 0 spiro atoms. The van der Waals surface area contributed by atoms with Crippen LogP contribution in [0, 0.1) is 13.8 Å². The number of esters is 1. The third kappa shape index (κ3) is 3.41. The number of cyclic esters (lactones) is 1. The molecular weight excluding hydrogens is 442 g/mol. The maximum absolute atomic E-state index is 12.3. The van der Waals surface area contributed by atoms with Crippen LogP contribution in [-0.4, -0.2) is 21.6 Å². The molecule has 3 aromatic rings. The summed E-state index contributed by atoms with van der Waals surface area (Å²) in [7, 11) is 0. The van der Waals surface area contributed by atoms with Crippen molar-refractivity contribution >= 4 is 45.5 Å². The first-order chi connectivity index (χ1) is 13.4. The molecule has 5 nitrogen and oxygen atoms in total. The highest BCUT2D eigenvalue weighted by Gasteiger charge is 2.26. The van der Waals surface area contributed by atoms with Gasteiger partial charge in [-0.25, -0.2) is 14.5 Å². The molecule has 0 saturated carbocycles. The Hall–Kier alpha value is -2.70. The lowest BCUT2D eigenvalue weighted by molar-refractivity contribution is -0.129. The first-order valence-corrected chi connectivity index (χ1v) is 9.71. The van der Waals surface area contributed by atoms with Crippen LogP contribution < -0.4 is 0 Å². The minimum absolute atomic E-state index is 0.180. The van der Waals surface area contributed by atoms with Crippen molar-refractivity contribution in [2.45, 2.75) is 13.8 Å². The second kappa shape index (κ2) is 7.37. The van der Waals surface area contributed by atoms with Crippen molar-refractivity contribution in [1.29, 1.82) is 0 Å². The van der Waals surface area contributed by atoms with Crippen LogP contribution in [0.1, 0.15) is 22.4 Å². The first kappa shape index (κ1) is 18.7. The third-order valence-corrected chi connectivity index (χ3v) is 5.39. The van der Waals surface area contributed by atoms with E-state index < -0.39 is 5.97 Å². The third-order valence-electron chi connectivity index (χ3n) is 4.33.